The first-order valence-electron chi connectivity index (χ1n) is 6.77. The number of amides is 2. The van der Waals surface area contributed by atoms with Gasteiger partial charge in [-0.3, -0.25) is 9.59 Å². The fourth-order valence-electron chi connectivity index (χ4n) is 1.83. The van der Waals surface area contributed by atoms with Crippen molar-refractivity contribution in [3.63, 3.8) is 0 Å². The molecule has 0 aliphatic heterocycles. The summed E-state index contributed by atoms with van der Waals surface area (Å²) < 4.78 is 17.8. The highest BCUT2D eigenvalue weighted by Gasteiger charge is 2.08. The van der Waals surface area contributed by atoms with Crippen LogP contribution < -0.4 is 10.6 Å². The molecule has 0 unspecified atom stereocenters. The number of carbonyl (C=O) groups excluding carboxylic acids is 2. The zero-order chi connectivity index (χ0) is 15.9. The number of aryl methyl sites for hydroxylation is 2. The molecule has 7 heteroatoms. The van der Waals surface area contributed by atoms with E-state index in [-0.39, 0.29) is 24.7 Å². The lowest BCUT2D eigenvalue weighted by atomic mass is 10.1. The van der Waals surface area contributed by atoms with Crippen LogP contribution in [0.1, 0.15) is 17.7 Å². The zero-order valence-electron chi connectivity index (χ0n) is 12.1. The molecular formula is C15H16FN3O3. The Balaban J connectivity index is 1.70. The summed E-state index contributed by atoms with van der Waals surface area (Å²) in [5, 5.41) is 8.59. The summed E-state index contributed by atoms with van der Waals surface area (Å²) in [6.07, 6.45) is 0.591. The normalized spacial score (nSPS) is 10.3. The minimum atomic E-state index is -0.396. The standard InChI is InChI=1S/C15H16FN3O3/c1-10-7-13(19-22-10)18-15(21)9-17-14(20)6-5-11-3-2-4-12(16)8-11/h2-4,7-8H,5-6,9H2,1H3,(H,17,20)(H,18,19,21). The molecule has 0 saturated heterocycles. The lowest BCUT2D eigenvalue weighted by Gasteiger charge is -2.05. The minimum Gasteiger partial charge on any atom is -0.360 e. The van der Waals surface area contributed by atoms with Gasteiger partial charge in [-0.1, -0.05) is 17.3 Å². The predicted octanol–water partition coefficient (Wildman–Crippen LogP) is 1.81. The summed E-state index contributed by atoms with van der Waals surface area (Å²) >= 11 is 0. The number of aromatic nitrogens is 1. The monoisotopic (exact) mass is 305 g/mol. The predicted molar refractivity (Wildman–Crippen MR) is 77.6 cm³/mol. The molecule has 0 saturated carbocycles. The van der Waals surface area contributed by atoms with Gasteiger partial charge < -0.3 is 15.2 Å². The lowest BCUT2D eigenvalue weighted by Crippen LogP contribution is -2.33. The maximum Gasteiger partial charge on any atom is 0.245 e. The van der Waals surface area contributed by atoms with E-state index >= 15 is 0 Å². The number of nitrogens with zero attached hydrogens (tertiary/aromatic N) is 1. The summed E-state index contributed by atoms with van der Waals surface area (Å²) in [6, 6.07) is 7.64. The Morgan fingerprint density at radius 2 is 2.09 bits per heavy atom. The van der Waals surface area contributed by atoms with E-state index in [2.05, 4.69) is 15.8 Å². The van der Waals surface area contributed by atoms with Crippen LogP contribution >= 0.6 is 0 Å². The number of hydrogen-bond donors (Lipinski definition) is 2. The van der Waals surface area contributed by atoms with Crippen molar-refractivity contribution >= 4 is 17.6 Å². The fourth-order valence-corrected chi connectivity index (χ4v) is 1.83. The van der Waals surface area contributed by atoms with Gasteiger partial charge in [-0.2, -0.15) is 0 Å². The molecule has 0 bridgehead atoms. The number of halogens is 1. The van der Waals surface area contributed by atoms with Crippen molar-refractivity contribution in [2.24, 2.45) is 0 Å². The highest BCUT2D eigenvalue weighted by Crippen LogP contribution is 2.07. The number of hydrogen-bond acceptors (Lipinski definition) is 4. The van der Waals surface area contributed by atoms with Gasteiger partial charge in [-0.25, -0.2) is 4.39 Å². The summed E-state index contributed by atoms with van der Waals surface area (Å²) in [4.78, 5) is 23.2. The van der Waals surface area contributed by atoms with Crippen LogP contribution in [0.5, 0.6) is 0 Å². The number of rotatable bonds is 6. The molecule has 0 atom stereocenters. The molecule has 116 valence electrons. The van der Waals surface area contributed by atoms with Crippen molar-refractivity contribution in [3.8, 4) is 0 Å². The van der Waals surface area contributed by atoms with Gasteiger partial charge in [0, 0.05) is 12.5 Å². The van der Waals surface area contributed by atoms with Crippen LogP contribution in [0.2, 0.25) is 0 Å². The zero-order valence-corrected chi connectivity index (χ0v) is 12.1. The second-order valence-electron chi connectivity index (χ2n) is 4.78. The molecule has 0 fully saturated rings. The Morgan fingerprint density at radius 3 is 2.77 bits per heavy atom. The molecular weight excluding hydrogens is 289 g/mol. The van der Waals surface area contributed by atoms with E-state index in [1.165, 1.54) is 12.1 Å². The molecule has 0 aliphatic rings. The van der Waals surface area contributed by atoms with Crippen molar-refractivity contribution in [1.82, 2.24) is 10.5 Å². The molecule has 1 heterocycles. The molecule has 2 N–H and O–H groups in total. The summed E-state index contributed by atoms with van der Waals surface area (Å²) in [5.41, 5.74) is 0.734. The van der Waals surface area contributed by atoms with Crippen molar-refractivity contribution in [3.05, 3.63) is 47.5 Å². The molecule has 1 aromatic carbocycles. The molecule has 22 heavy (non-hydrogen) atoms. The van der Waals surface area contributed by atoms with E-state index in [1.807, 2.05) is 0 Å². The molecule has 2 aromatic rings. The number of anilines is 1. The van der Waals surface area contributed by atoms with E-state index in [0.717, 1.165) is 5.56 Å². The first-order valence-corrected chi connectivity index (χ1v) is 6.77. The molecule has 1 aromatic heterocycles. The molecule has 0 spiro atoms. The summed E-state index contributed by atoms with van der Waals surface area (Å²) in [5.74, 6) is -0.130. The Bertz CT molecular complexity index is 670. The Hall–Kier alpha value is -2.70. The summed E-state index contributed by atoms with van der Waals surface area (Å²) in [6.45, 7) is 1.55. The van der Waals surface area contributed by atoms with Gasteiger partial charge in [-0.05, 0) is 31.0 Å². The maximum absolute atomic E-state index is 13.0. The fraction of sp³-hybridized carbons (Fsp3) is 0.267. The van der Waals surface area contributed by atoms with Crippen molar-refractivity contribution in [2.75, 3.05) is 11.9 Å². The Kier molecular flexibility index (Phi) is 5.24. The lowest BCUT2D eigenvalue weighted by molar-refractivity contribution is -0.124. The molecule has 2 amide bonds. The van der Waals surface area contributed by atoms with E-state index in [4.69, 9.17) is 4.52 Å². The van der Waals surface area contributed by atoms with E-state index in [0.29, 0.717) is 18.0 Å². The van der Waals surface area contributed by atoms with Crippen LogP contribution in [0.4, 0.5) is 10.2 Å². The van der Waals surface area contributed by atoms with Crippen LogP contribution in [0.15, 0.2) is 34.9 Å². The van der Waals surface area contributed by atoms with Crippen LogP contribution in [0.3, 0.4) is 0 Å². The van der Waals surface area contributed by atoms with E-state index in [9.17, 15) is 14.0 Å². The van der Waals surface area contributed by atoms with Crippen LogP contribution in [0, 0.1) is 12.7 Å². The average Bonchev–Trinajstić information content (AvgIpc) is 2.88. The largest absolute Gasteiger partial charge is 0.360 e. The highest BCUT2D eigenvalue weighted by atomic mass is 19.1. The molecule has 0 radical (unpaired) electrons. The first kappa shape index (κ1) is 15.7. The minimum absolute atomic E-state index is 0.159. The third-order valence-electron chi connectivity index (χ3n) is 2.87. The van der Waals surface area contributed by atoms with Gasteiger partial charge in [-0.15, -0.1) is 0 Å². The molecule has 6 nitrogen and oxygen atoms in total. The van der Waals surface area contributed by atoms with E-state index < -0.39 is 5.91 Å². The third kappa shape index (κ3) is 5.01. The first-order chi connectivity index (χ1) is 10.5. The van der Waals surface area contributed by atoms with Gasteiger partial charge >= 0.3 is 0 Å². The van der Waals surface area contributed by atoms with Crippen LogP contribution in [0.25, 0.3) is 0 Å². The second kappa shape index (κ2) is 7.35. The van der Waals surface area contributed by atoms with Gasteiger partial charge in [0.15, 0.2) is 5.82 Å². The topological polar surface area (TPSA) is 84.2 Å². The number of carbonyl (C=O) groups is 2. The average molecular weight is 305 g/mol. The summed E-state index contributed by atoms with van der Waals surface area (Å²) in [7, 11) is 0. The van der Waals surface area contributed by atoms with Crippen LogP contribution in [-0.4, -0.2) is 23.5 Å². The Morgan fingerprint density at radius 1 is 1.27 bits per heavy atom. The van der Waals surface area contributed by atoms with Crippen molar-refractivity contribution in [1.29, 1.82) is 0 Å². The SMILES string of the molecule is Cc1cc(NC(=O)CNC(=O)CCc2cccc(F)c2)no1. The van der Waals surface area contributed by atoms with Gasteiger partial charge in [0.25, 0.3) is 0 Å². The molecule has 2 rings (SSSR count). The smallest absolute Gasteiger partial charge is 0.245 e. The second-order valence-corrected chi connectivity index (χ2v) is 4.78. The quantitative estimate of drug-likeness (QED) is 0.852. The number of benzene rings is 1. The van der Waals surface area contributed by atoms with Gasteiger partial charge in [0.2, 0.25) is 11.8 Å². The molecule has 0 aliphatic carbocycles. The van der Waals surface area contributed by atoms with Crippen LogP contribution in [-0.2, 0) is 16.0 Å². The Labute approximate surface area is 126 Å². The maximum atomic E-state index is 13.0. The van der Waals surface area contributed by atoms with E-state index in [1.54, 1.807) is 25.1 Å². The van der Waals surface area contributed by atoms with Gasteiger partial charge in [0.1, 0.15) is 11.6 Å². The third-order valence-corrected chi connectivity index (χ3v) is 2.87. The van der Waals surface area contributed by atoms with Gasteiger partial charge in [0.05, 0.1) is 6.54 Å². The number of nitrogens with one attached hydrogen (secondary N) is 2. The van der Waals surface area contributed by atoms with Crippen molar-refractivity contribution in [2.45, 2.75) is 19.8 Å². The van der Waals surface area contributed by atoms with Crippen molar-refractivity contribution < 1.29 is 18.5 Å². The highest BCUT2D eigenvalue weighted by molar-refractivity contribution is 5.93.